The molecule has 0 radical (unpaired) electrons. The Balaban J connectivity index is 1.54. The van der Waals surface area contributed by atoms with Gasteiger partial charge in [0.1, 0.15) is 10.8 Å². The highest BCUT2D eigenvalue weighted by molar-refractivity contribution is 7.11. The Kier molecular flexibility index (Phi) is 5.86. The van der Waals surface area contributed by atoms with E-state index in [-0.39, 0.29) is 5.82 Å². The third-order valence-corrected chi connectivity index (χ3v) is 5.47. The molecule has 1 saturated heterocycles. The first kappa shape index (κ1) is 17.7. The normalized spacial score (nSPS) is 15.6. The Labute approximate surface area is 152 Å². The van der Waals surface area contributed by atoms with Gasteiger partial charge in [0.05, 0.1) is 12.2 Å². The molecule has 0 aliphatic carbocycles. The molecule has 2 heterocycles. The number of nitrogens with zero attached hydrogens (tertiary/aromatic N) is 4. The van der Waals surface area contributed by atoms with Crippen molar-refractivity contribution < 1.29 is 4.39 Å². The summed E-state index contributed by atoms with van der Waals surface area (Å²) in [5.74, 6) is 0.718. The van der Waals surface area contributed by atoms with Gasteiger partial charge in [-0.15, -0.1) is 11.3 Å². The molecule has 7 heteroatoms. The molecule has 0 atom stereocenters. The van der Waals surface area contributed by atoms with Crippen molar-refractivity contribution in [1.82, 2.24) is 15.2 Å². The lowest BCUT2D eigenvalue weighted by Crippen LogP contribution is -2.52. The van der Waals surface area contributed by atoms with Crippen molar-refractivity contribution in [3.63, 3.8) is 0 Å². The number of nitrogens with one attached hydrogen (secondary N) is 1. The minimum atomic E-state index is -0.158. The van der Waals surface area contributed by atoms with E-state index in [2.05, 4.69) is 32.0 Å². The summed E-state index contributed by atoms with van der Waals surface area (Å²) >= 11 is 1.73. The zero-order chi connectivity index (χ0) is 17.6. The maximum absolute atomic E-state index is 13.9. The summed E-state index contributed by atoms with van der Waals surface area (Å²) in [5, 5.41) is 4.46. The van der Waals surface area contributed by atoms with E-state index in [0.717, 1.165) is 43.6 Å². The summed E-state index contributed by atoms with van der Waals surface area (Å²) < 4.78 is 13.9. The molecule has 1 fully saturated rings. The smallest absolute Gasteiger partial charge is 0.194 e. The molecular formula is C18H24FN5S. The predicted molar refractivity (Wildman–Crippen MR) is 102 cm³/mol. The summed E-state index contributed by atoms with van der Waals surface area (Å²) in [4.78, 5) is 14.4. The van der Waals surface area contributed by atoms with Gasteiger partial charge >= 0.3 is 0 Å². The molecule has 2 aromatic rings. The zero-order valence-corrected chi connectivity index (χ0v) is 15.5. The Morgan fingerprint density at radius 3 is 2.68 bits per heavy atom. The van der Waals surface area contributed by atoms with Crippen LogP contribution in [-0.2, 0) is 13.0 Å². The number of anilines is 1. The minimum Gasteiger partial charge on any atom is -0.366 e. The highest BCUT2D eigenvalue weighted by Gasteiger charge is 2.21. The van der Waals surface area contributed by atoms with Crippen molar-refractivity contribution in [3.05, 3.63) is 46.2 Å². The summed E-state index contributed by atoms with van der Waals surface area (Å²) in [6, 6.07) is 6.96. The molecule has 1 aromatic carbocycles. The molecule has 25 heavy (non-hydrogen) atoms. The molecule has 0 bridgehead atoms. The van der Waals surface area contributed by atoms with Gasteiger partial charge in [-0.2, -0.15) is 0 Å². The number of halogens is 1. The van der Waals surface area contributed by atoms with Gasteiger partial charge in [0, 0.05) is 44.3 Å². The van der Waals surface area contributed by atoms with Crippen LogP contribution in [0, 0.1) is 5.82 Å². The van der Waals surface area contributed by atoms with Crippen molar-refractivity contribution >= 4 is 23.0 Å². The average Bonchev–Trinajstić information content (AvgIpc) is 3.11. The number of benzene rings is 1. The van der Waals surface area contributed by atoms with Gasteiger partial charge in [-0.3, -0.25) is 4.99 Å². The average molecular weight is 361 g/mol. The van der Waals surface area contributed by atoms with Gasteiger partial charge in [0.15, 0.2) is 5.96 Å². The molecule has 1 aliphatic heterocycles. The maximum Gasteiger partial charge on any atom is 0.194 e. The van der Waals surface area contributed by atoms with Crippen LogP contribution in [-0.4, -0.2) is 49.1 Å². The third kappa shape index (κ3) is 4.28. The van der Waals surface area contributed by atoms with E-state index in [1.165, 1.54) is 10.9 Å². The fraction of sp³-hybridized carbons (Fsp3) is 0.444. The van der Waals surface area contributed by atoms with E-state index in [0.29, 0.717) is 12.2 Å². The lowest BCUT2D eigenvalue weighted by Gasteiger charge is -2.37. The largest absolute Gasteiger partial charge is 0.366 e. The van der Waals surface area contributed by atoms with Crippen LogP contribution in [0.4, 0.5) is 10.1 Å². The monoisotopic (exact) mass is 361 g/mol. The van der Waals surface area contributed by atoms with Crippen LogP contribution in [0.5, 0.6) is 0 Å². The van der Waals surface area contributed by atoms with Gasteiger partial charge in [0.25, 0.3) is 0 Å². The summed E-state index contributed by atoms with van der Waals surface area (Å²) in [7, 11) is 1.80. The highest BCUT2D eigenvalue weighted by Crippen LogP contribution is 2.20. The van der Waals surface area contributed by atoms with E-state index in [9.17, 15) is 4.39 Å². The van der Waals surface area contributed by atoms with Crippen LogP contribution >= 0.6 is 11.3 Å². The maximum atomic E-state index is 13.9. The molecule has 1 aromatic heterocycles. The molecule has 0 spiro atoms. The summed E-state index contributed by atoms with van der Waals surface area (Å²) in [6.07, 6.45) is 2.96. The molecule has 0 amide bonds. The van der Waals surface area contributed by atoms with Crippen molar-refractivity contribution in [3.8, 4) is 0 Å². The lowest BCUT2D eigenvalue weighted by atomic mass is 10.2. The fourth-order valence-electron chi connectivity index (χ4n) is 2.95. The fourth-order valence-corrected chi connectivity index (χ4v) is 3.75. The molecule has 0 saturated carbocycles. The minimum absolute atomic E-state index is 0.158. The molecule has 0 unspecified atom stereocenters. The number of aryl methyl sites for hydroxylation is 1. The van der Waals surface area contributed by atoms with Gasteiger partial charge in [-0.25, -0.2) is 9.37 Å². The Bertz CT molecular complexity index is 722. The molecule has 3 rings (SSSR count). The van der Waals surface area contributed by atoms with Crippen molar-refractivity contribution in [2.24, 2.45) is 4.99 Å². The molecule has 1 aliphatic rings. The first-order chi connectivity index (χ1) is 12.2. The summed E-state index contributed by atoms with van der Waals surface area (Å²) in [6.45, 7) is 6.00. The van der Waals surface area contributed by atoms with E-state index in [1.54, 1.807) is 24.5 Å². The van der Waals surface area contributed by atoms with Crippen molar-refractivity contribution in [1.29, 1.82) is 0 Å². The molecule has 1 N–H and O–H groups in total. The number of hydrogen-bond acceptors (Lipinski definition) is 4. The SMILES string of the molecule is CCc1cnc(CNC(=NC)N2CCN(c3ccccc3F)CC2)s1. The number of thiazole rings is 1. The molecule has 5 nitrogen and oxygen atoms in total. The topological polar surface area (TPSA) is 43.8 Å². The Hall–Kier alpha value is -2.15. The first-order valence-electron chi connectivity index (χ1n) is 8.60. The van der Waals surface area contributed by atoms with Gasteiger partial charge < -0.3 is 15.1 Å². The van der Waals surface area contributed by atoms with Crippen LogP contribution in [0.3, 0.4) is 0 Å². The van der Waals surface area contributed by atoms with Gasteiger partial charge in [-0.05, 0) is 18.6 Å². The van der Waals surface area contributed by atoms with Crippen LogP contribution in [0.25, 0.3) is 0 Å². The second-order valence-electron chi connectivity index (χ2n) is 5.90. The number of rotatable bonds is 4. The second-order valence-corrected chi connectivity index (χ2v) is 7.10. The molecular weight excluding hydrogens is 337 g/mol. The van der Waals surface area contributed by atoms with E-state index in [1.807, 2.05) is 18.3 Å². The van der Waals surface area contributed by atoms with E-state index < -0.39 is 0 Å². The van der Waals surface area contributed by atoms with Crippen LogP contribution < -0.4 is 10.2 Å². The molecule has 134 valence electrons. The van der Waals surface area contributed by atoms with Crippen molar-refractivity contribution in [2.75, 3.05) is 38.1 Å². The van der Waals surface area contributed by atoms with Gasteiger partial charge in [-0.1, -0.05) is 19.1 Å². The first-order valence-corrected chi connectivity index (χ1v) is 9.41. The second kappa shape index (κ2) is 8.29. The van der Waals surface area contributed by atoms with Crippen LogP contribution in [0.15, 0.2) is 35.5 Å². The highest BCUT2D eigenvalue weighted by atomic mass is 32.1. The van der Waals surface area contributed by atoms with Crippen LogP contribution in [0.1, 0.15) is 16.8 Å². The number of guanidine groups is 1. The quantitative estimate of drug-likeness (QED) is 0.672. The zero-order valence-electron chi connectivity index (χ0n) is 14.7. The number of aliphatic imine (C=N–C) groups is 1. The van der Waals surface area contributed by atoms with Crippen LogP contribution in [0.2, 0.25) is 0 Å². The standard InChI is InChI=1S/C18H24FN5S/c1-3-14-12-21-17(25-14)13-22-18(20-2)24-10-8-23(9-11-24)16-7-5-4-6-15(16)19/h4-7,12H,3,8-11,13H2,1-2H3,(H,20,22). The van der Waals surface area contributed by atoms with Gasteiger partial charge in [0.2, 0.25) is 0 Å². The predicted octanol–water partition coefficient (Wildman–Crippen LogP) is 2.74. The third-order valence-electron chi connectivity index (χ3n) is 4.33. The summed E-state index contributed by atoms with van der Waals surface area (Å²) in [5.41, 5.74) is 0.681. The van der Waals surface area contributed by atoms with E-state index >= 15 is 0 Å². The Morgan fingerprint density at radius 2 is 2.04 bits per heavy atom. The number of hydrogen-bond donors (Lipinski definition) is 1. The number of piperazine rings is 1. The number of aromatic nitrogens is 1. The van der Waals surface area contributed by atoms with E-state index in [4.69, 9.17) is 0 Å². The number of para-hydroxylation sites is 1. The Morgan fingerprint density at radius 1 is 1.28 bits per heavy atom. The lowest BCUT2D eigenvalue weighted by molar-refractivity contribution is 0.370. The van der Waals surface area contributed by atoms with Crippen molar-refractivity contribution in [2.45, 2.75) is 19.9 Å².